The Morgan fingerprint density at radius 2 is 1.72 bits per heavy atom. The molecule has 1 saturated carbocycles. The Morgan fingerprint density at radius 3 is 2.28 bits per heavy atom. The lowest BCUT2D eigenvalue weighted by atomic mass is 9.88. The van der Waals surface area contributed by atoms with E-state index in [2.05, 4.69) is 41.4 Å². The van der Waals surface area contributed by atoms with Crippen molar-refractivity contribution < 1.29 is 19.8 Å². The van der Waals surface area contributed by atoms with Crippen LogP contribution in [0.5, 0.6) is 0 Å². The fourth-order valence-electron chi connectivity index (χ4n) is 4.14. The summed E-state index contributed by atoms with van der Waals surface area (Å²) >= 11 is 0. The van der Waals surface area contributed by atoms with Crippen LogP contribution in [0.25, 0.3) is 0 Å². The molecule has 29 heavy (non-hydrogen) atoms. The van der Waals surface area contributed by atoms with Crippen LogP contribution in [-0.4, -0.2) is 52.7 Å². The van der Waals surface area contributed by atoms with Gasteiger partial charge >= 0.3 is 11.9 Å². The second-order valence-electron chi connectivity index (χ2n) is 8.02. The molecule has 0 amide bonds. The number of hydrogen-bond acceptors (Lipinski definition) is 4. The van der Waals surface area contributed by atoms with Crippen LogP contribution >= 0.6 is 0 Å². The molecule has 0 spiro atoms. The number of nitrogens with zero attached hydrogens (tertiary/aromatic N) is 1. The van der Waals surface area contributed by atoms with Gasteiger partial charge in [0.15, 0.2) is 0 Å². The third kappa shape index (κ3) is 8.79. The highest BCUT2D eigenvalue weighted by Gasteiger charge is 2.26. The first-order valence-corrected chi connectivity index (χ1v) is 10.6. The van der Waals surface area contributed by atoms with Crippen LogP contribution in [0.4, 0.5) is 0 Å². The zero-order valence-corrected chi connectivity index (χ0v) is 17.3. The van der Waals surface area contributed by atoms with E-state index in [-0.39, 0.29) is 0 Å². The fraction of sp³-hybridized carbons (Fsp3) is 0.565. The number of hydrogen-bond donors (Lipinski definition) is 3. The molecule has 1 atom stereocenters. The predicted octanol–water partition coefficient (Wildman–Crippen LogP) is 3.45. The minimum Gasteiger partial charge on any atom is -0.478 e. The minimum atomic E-state index is -1.26. The monoisotopic (exact) mass is 402 g/mol. The molecule has 6 nitrogen and oxygen atoms in total. The van der Waals surface area contributed by atoms with Gasteiger partial charge in [0.2, 0.25) is 0 Å². The molecule has 1 aromatic rings. The maximum Gasteiger partial charge on any atom is 0.328 e. The summed E-state index contributed by atoms with van der Waals surface area (Å²) < 4.78 is 0. The minimum absolute atomic E-state index is 0.558. The van der Waals surface area contributed by atoms with Crippen LogP contribution in [-0.2, 0) is 16.1 Å². The number of nitrogens with one attached hydrogen (secondary N) is 1. The molecule has 1 aliphatic heterocycles. The summed E-state index contributed by atoms with van der Waals surface area (Å²) in [7, 11) is 0. The topological polar surface area (TPSA) is 89.9 Å². The summed E-state index contributed by atoms with van der Waals surface area (Å²) in [6.45, 7) is 7.06. The van der Waals surface area contributed by atoms with Crippen molar-refractivity contribution in [2.75, 3.05) is 19.6 Å². The SMILES string of the molecule is Cc1ccccc1CN(CC1CCCCC1)[C@H]1CCNC1.O=C(O)/C=C/C(=O)O. The normalized spacial score (nSPS) is 19.9. The van der Waals surface area contributed by atoms with Crippen LogP contribution in [0.1, 0.15) is 49.7 Å². The Balaban J connectivity index is 0.000000321. The molecule has 0 bridgehead atoms. The zero-order valence-electron chi connectivity index (χ0n) is 17.3. The van der Waals surface area contributed by atoms with Gasteiger partial charge in [-0.05, 0) is 49.8 Å². The largest absolute Gasteiger partial charge is 0.478 e. The first-order valence-electron chi connectivity index (χ1n) is 10.6. The van der Waals surface area contributed by atoms with Gasteiger partial charge in [-0.15, -0.1) is 0 Å². The van der Waals surface area contributed by atoms with E-state index in [1.807, 2.05) is 0 Å². The highest BCUT2D eigenvalue weighted by molar-refractivity contribution is 5.89. The van der Waals surface area contributed by atoms with Gasteiger partial charge in [-0.2, -0.15) is 0 Å². The van der Waals surface area contributed by atoms with Crippen molar-refractivity contribution in [3.8, 4) is 0 Å². The molecule has 1 saturated heterocycles. The number of rotatable bonds is 7. The van der Waals surface area contributed by atoms with Crippen LogP contribution in [0, 0.1) is 12.8 Å². The van der Waals surface area contributed by atoms with Crippen molar-refractivity contribution in [1.82, 2.24) is 10.2 Å². The van der Waals surface area contributed by atoms with Gasteiger partial charge in [-0.25, -0.2) is 9.59 Å². The van der Waals surface area contributed by atoms with E-state index in [1.165, 1.54) is 69.3 Å². The second-order valence-corrected chi connectivity index (χ2v) is 8.02. The number of aliphatic carboxylic acids is 2. The Morgan fingerprint density at radius 1 is 1.07 bits per heavy atom. The first-order chi connectivity index (χ1) is 14.0. The van der Waals surface area contributed by atoms with E-state index in [4.69, 9.17) is 10.2 Å². The van der Waals surface area contributed by atoms with Crippen molar-refractivity contribution in [2.45, 2.75) is 58.0 Å². The molecular formula is C23H34N2O4. The van der Waals surface area contributed by atoms with E-state index >= 15 is 0 Å². The fourth-order valence-corrected chi connectivity index (χ4v) is 4.14. The smallest absolute Gasteiger partial charge is 0.328 e. The van der Waals surface area contributed by atoms with Crippen molar-refractivity contribution in [2.24, 2.45) is 5.92 Å². The quantitative estimate of drug-likeness (QED) is 0.605. The number of carboxylic acids is 2. The lowest BCUT2D eigenvalue weighted by Gasteiger charge is -2.34. The van der Waals surface area contributed by atoms with Gasteiger partial charge in [0.1, 0.15) is 0 Å². The molecular weight excluding hydrogens is 368 g/mol. The average molecular weight is 403 g/mol. The lowest BCUT2D eigenvalue weighted by molar-refractivity contribution is -0.134. The summed E-state index contributed by atoms with van der Waals surface area (Å²) in [5, 5.41) is 19.2. The highest BCUT2D eigenvalue weighted by atomic mass is 16.4. The molecule has 2 aliphatic rings. The lowest BCUT2D eigenvalue weighted by Crippen LogP contribution is -2.40. The number of aryl methyl sites for hydroxylation is 1. The predicted molar refractivity (Wildman–Crippen MR) is 114 cm³/mol. The van der Waals surface area contributed by atoms with E-state index in [1.54, 1.807) is 0 Å². The van der Waals surface area contributed by atoms with Crippen molar-refractivity contribution in [1.29, 1.82) is 0 Å². The summed E-state index contributed by atoms with van der Waals surface area (Å²) in [5.74, 6) is -1.58. The maximum absolute atomic E-state index is 9.55. The van der Waals surface area contributed by atoms with Crippen molar-refractivity contribution >= 4 is 11.9 Å². The van der Waals surface area contributed by atoms with E-state index in [0.29, 0.717) is 12.2 Å². The number of carbonyl (C=O) groups is 2. The molecule has 3 N–H and O–H groups in total. The standard InChI is InChI=1S/C19H30N2.C4H4O4/c1-16-7-5-6-10-18(16)15-21(19-11-12-20-13-19)14-17-8-3-2-4-9-17;5-3(6)1-2-4(7)8/h5-7,10,17,19-20H,2-4,8-9,11-15H2,1H3;1-2H,(H,5,6)(H,7,8)/b;2-1+/t19-;/m0./s1. The molecule has 160 valence electrons. The molecule has 0 unspecified atom stereocenters. The third-order valence-corrected chi connectivity index (χ3v) is 5.77. The van der Waals surface area contributed by atoms with E-state index in [0.717, 1.165) is 18.5 Å². The number of carboxylic acid groups (broad SMARTS) is 2. The van der Waals surface area contributed by atoms with Crippen LogP contribution < -0.4 is 5.32 Å². The Hall–Kier alpha value is -2.18. The molecule has 0 aromatic heterocycles. The summed E-state index contributed by atoms with van der Waals surface area (Å²) in [4.78, 5) is 21.9. The number of benzene rings is 1. The molecule has 1 aromatic carbocycles. The van der Waals surface area contributed by atoms with Gasteiger partial charge in [0.05, 0.1) is 0 Å². The van der Waals surface area contributed by atoms with Gasteiger partial charge in [-0.3, -0.25) is 4.90 Å². The first kappa shape index (κ1) is 23.1. The zero-order chi connectivity index (χ0) is 21.1. The average Bonchev–Trinajstić information content (AvgIpc) is 3.24. The van der Waals surface area contributed by atoms with E-state index in [9.17, 15) is 9.59 Å². The Bertz CT molecular complexity index is 661. The molecule has 6 heteroatoms. The maximum atomic E-state index is 9.55. The summed E-state index contributed by atoms with van der Waals surface area (Å²) in [6.07, 6.45) is 9.69. The molecule has 3 rings (SSSR count). The highest BCUT2D eigenvalue weighted by Crippen LogP contribution is 2.27. The molecule has 1 heterocycles. The Labute approximate surface area is 173 Å². The third-order valence-electron chi connectivity index (χ3n) is 5.77. The van der Waals surface area contributed by atoms with Crippen LogP contribution in [0.15, 0.2) is 36.4 Å². The summed E-state index contributed by atoms with van der Waals surface area (Å²) in [5.41, 5.74) is 2.96. The Kier molecular flexibility index (Phi) is 9.88. The van der Waals surface area contributed by atoms with Gasteiger partial charge in [0.25, 0.3) is 0 Å². The van der Waals surface area contributed by atoms with E-state index < -0.39 is 11.9 Å². The second kappa shape index (κ2) is 12.4. The van der Waals surface area contributed by atoms with Crippen LogP contribution in [0.2, 0.25) is 0 Å². The molecule has 2 fully saturated rings. The van der Waals surface area contributed by atoms with Crippen molar-refractivity contribution in [3.63, 3.8) is 0 Å². The van der Waals surface area contributed by atoms with Crippen LogP contribution in [0.3, 0.4) is 0 Å². The molecule has 0 radical (unpaired) electrons. The van der Waals surface area contributed by atoms with Gasteiger partial charge in [-0.1, -0.05) is 43.5 Å². The molecule has 1 aliphatic carbocycles. The van der Waals surface area contributed by atoms with Crippen molar-refractivity contribution in [3.05, 3.63) is 47.5 Å². The summed E-state index contributed by atoms with van der Waals surface area (Å²) in [6, 6.07) is 9.65. The van der Waals surface area contributed by atoms with Gasteiger partial charge < -0.3 is 15.5 Å². The van der Waals surface area contributed by atoms with Gasteiger partial charge in [0, 0.05) is 37.8 Å².